The number of hydrogen-bond acceptors (Lipinski definition) is 0. The fraction of sp³-hybridized carbons (Fsp3) is 0.385. The summed E-state index contributed by atoms with van der Waals surface area (Å²) >= 11 is 0. The predicted molar refractivity (Wildman–Crippen MR) is 56.6 cm³/mol. The maximum absolute atomic E-state index is 2.38. The van der Waals surface area contributed by atoms with Crippen molar-refractivity contribution in [2.45, 2.75) is 25.7 Å². The Balaban J connectivity index is 1.73. The number of hydrogen-bond donors (Lipinski definition) is 0. The molecular formula is C13H16. The molecule has 1 aromatic rings. The van der Waals surface area contributed by atoms with Crippen LogP contribution in [0.15, 0.2) is 42.5 Å². The molecule has 0 aromatic heterocycles. The Hall–Kier alpha value is -1.04. The summed E-state index contributed by atoms with van der Waals surface area (Å²) in [6.45, 7) is 0. The van der Waals surface area contributed by atoms with Crippen molar-refractivity contribution in [3.63, 3.8) is 0 Å². The van der Waals surface area contributed by atoms with Crippen molar-refractivity contribution in [3.8, 4) is 0 Å². The molecule has 13 heavy (non-hydrogen) atoms. The molecule has 0 unspecified atom stereocenters. The van der Waals surface area contributed by atoms with Crippen LogP contribution in [0.3, 0.4) is 0 Å². The van der Waals surface area contributed by atoms with Gasteiger partial charge in [-0.3, -0.25) is 0 Å². The molecule has 0 N–H and O–H groups in total. The predicted octanol–water partition coefficient (Wildman–Crippen LogP) is 3.59. The second-order valence-electron chi connectivity index (χ2n) is 3.79. The van der Waals surface area contributed by atoms with Gasteiger partial charge in [0.2, 0.25) is 0 Å². The monoisotopic (exact) mass is 172 g/mol. The molecule has 0 heteroatoms. The zero-order valence-corrected chi connectivity index (χ0v) is 7.95. The van der Waals surface area contributed by atoms with Crippen molar-refractivity contribution in [2.75, 3.05) is 0 Å². The van der Waals surface area contributed by atoms with Gasteiger partial charge in [-0.05, 0) is 37.2 Å². The Kier molecular flexibility index (Phi) is 2.81. The second-order valence-corrected chi connectivity index (χ2v) is 3.79. The molecule has 0 radical (unpaired) electrons. The van der Waals surface area contributed by atoms with Gasteiger partial charge >= 0.3 is 0 Å². The Labute approximate surface area is 80.3 Å². The van der Waals surface area contributed by atoms with Crippen LogP contribution >= 0.6 is 0 Å². The molecule has 0 heterocycles. The first-order chi connectivity index (χ1) is 6.45. The normalized spacial score (nSPS) is 16.6. The van der Waals surface area contributed by atoms with Crippen LogP contribution in [0, 0.1) is 5.92 Å². The summed E-state index contributed by atoms with van der Waals surface area (Å²) in [4.78, 5) is 0. The zero-order chi connectivity index (χ0) is 8.93. The van der Waals surface area contributed by atoms with Gasteiger partial charge in [-0.2, -0.15) is 0 Å². The van der Waals surface area contributed by atoms with E-state index in [1.807, 2.05) is 0 Å². The van der Waals surface area contributed by atoms with Crippen molar-refractivity contribution < 1.29 is 0 Å². The van der Waals surface area contributed by atoms with E-state index < -0.39 is 0 Å². The van der Waals surface area contributed by atoms with Crippen molar-refractivity contribution in [2.24, 2.45) is 5.92 Å². The third-order valence-electron chi connectivity index (χ3n) is 2.47. The third kappa shape index (κ3) is 3.06. The maximum atomic E-state index is 2.38. The van der Waals surface area contributed by atoms with Gasteiger partial charge in [0.25, 0.3) is 0 Å². The smallest absolute Gasteiger partial charge is 0.0233 e. The van der Waals surface area contributed by atoms with Crippen LogP contribution in [0.1, 0.15) is 24.8 Å². The molecule has 0 saturated heterocycles. The Morgan fingerprint density at radius 1 is 1.15 bits per heavy atom. The molecule has 0 aliphatic heterocycles. The van der Waals surface area contributed by atoms with E-state index in [2.05, 4.69) is 42.5 Å². The number of benzene rings is 1. The summed E-state index contributed by atoms with van der Waals surface area (Å²) in [7, 11) is 0. The largest absolute Gasteiger partial charge is 0.0879 e. The molecule has 0 nitrogen and oxygen atoms in total. The van der Waals surface area contributed by atoms with E-state index in [1.165, 1.54) is 31.2 Å². The van der Waals surface area contributed by atoms with E-state index in [9.17, 15) is 0 Å². The van der Waals surface area contributed by atoms with Crippen molar-refractivity contribution in [3.05, 3.63) is 48.0 Å². The van der Waals surface area contributed by atoms with Crippen LogP contribution in [0.25, 0.3) is 0 Å². The van der Waals surface area contributed by atoms with Crippen LogP contribution in [0.4, 0.5) is 0 Å². The van der Waals surface area contributed by atoms with Crippen molar-refractivity contribution >= 4 is 0 Å². The lowest BCUT2D eigenvalue weighted by Crippen LogP contribution is -1.81. The Bertz CT molecular complexity index is 267. The first kappa shape index (κ1) is 8.55. The highest BCUT2D eigenvalue weighted by atomic mass is 14.2. The van der Waals surface area contributed by atoms with Gasteiger partial charge < -0.3 is 0 Å². The summed E-state index contributed by atoms with van der Waals surface area (Å²) < 4.78 is 0. The molecule has 68 valence electrons. The van der Waals surface area contributed by atoms with Gasteiger partial charge in [0.1, 0.15) is 0 Å². The van der Waals surface area contributed by atoms with E-state index >= 15 is 0 Å². The minimum Gasteiger partial charge on any atom is -0.0879 e. The molecule has 0 bridgehead atoms. The summed E-state index contributed by atoms with van der Waals surface area (Å²) in [5, 5.41) is 0. The maximum Gasteiger partial charge on any atom is -0.0233 e. The average molecular weight is 172 g/mol. The van der Waals surface area contributed by atoms with Gasteiger partial charge in [0.05, 0.1) is 0 Å². The molecule has 1 aromatic carbocycles. The Morgan fingerprint density at radius 2 is 1.92 bits per heavy atom. The molecule has 1 aliphatic carbocycles. The zero-order valence-electron chi connectivity index (χ0n) is 7.95. The highest BCUT2D eigenvalue weighted by Crippen LogP contribution is 2.30. The second kappa shape index (κ2) is 4.27. The molecule has 0 spiro atoms. The van der Waals surface area contributed by atoms with Crippen LogP contribution in [-0.4, -0.2) is 0 Å². The molecule has 0 amide bonds. The van der Waals surface area contributed by atoms with Gasteiger partial charge in [-0.15, -0.1) is 0 Å². The first-order valence-corrected chi connectivity index (χ1v) is 5.16. The number of allylic oxidation sites excluding steroid dienone is 2. The fourth-order valence-corrected chi connectivity index (χ4v) is 1.47. The van der Waals surface area contributed by atoms with Gasteiger partial charge in [0, 0.05) is 0 Å². The molecular weight excluding hydrogens is 156 g/mol. The quantitative estimate of drug-likeness (QED) is 0.609. The standard InChI is InChI=1S/C13H16/c1-2-6-12(7-3-1)8-4-5-9-13-10-11-13/h1-3,5-7,9,13H,4,8,10-11H2/b9-5+. The molecule has 2 rings (SSSR count). The summed E-state index contributed by atoms with van der Waals surface area (Å²) in [6.07, 6.45) is 9.93. The van der Waals surface area contributed by atoms with Crippen LogP contribution < -0.4 is 0 Å². The topological polar surface area (TPSA) is 0 Å². The van der Waals surface area contributed by atoms with Gasteiger partial charge in [0.15, 0.2) is 0 Å². The lowest BCUT2D eigenvalue weighted by Gasteiger charge is -1.95. The SMILES string of the molecule is C(=C\C1CC1)/CCc1ccccc1. The lowest BCUT2D eigenvalue weighted by atomic mass is 10.1. The van der Waals surface area contributed by atoms with E-state index in [0.29, 0.717) is 0 Å². The number of aryl methyl sites for hydroxylation is 1. The fourth-order valence-electron chi connectivity index (χ4n) is 1.47. The van der Waals surface area contributed by atoms with Crippen molar-refractivity contribution in [1.82, 2.24) is 0 Å². The average Bonchev–Trinajstić information content (AvgIpc) is 2.98. The Morgan fingerprint density at radius 3 is 2.62 bits per heavy atom. The minimum atomic E-state index is 0.927. The highest BCUT2D eigenvalue weighted by Gasteiger charge is 2.16. The van der Waals surface area contributed by atoms with Crippen molar-refractivity contribution in [1.29, 1.82) is 0 Å². The third-order valence-corrected chi connectivity index (χ3v) is 2.47. The van der Waals surface area contributed by atoms with E-state index in [4.69, 9.17) is 0 Å². The van der Waals surface area contributed by atoms with Gasteiger partial charge in [-0.25, -0.2) is 0 Å². The summed E-state index contributed by atoms with van der Waals surface area (Å²) in [6, 6.07) is 10.7. The van der Waals surface area contributed by atoms with E-state index in [1.54, 1.807) is 0 Å². The van der Waals surface area contributed by atoms with E-state index in [-0.39, 0.29) is 0 Å². The van der Waals surface area contributed by atoms with Crippen LogP contribution in [0.5, 0.6) is 0 Å². The molecule has 0 atom stereocenters. The highest BCUT2D eigenvalue weighted by molar-refractivity contribution is 5.15. The molecule has 1 saturated carbocycles. The number of rotatable bonds is 4. The lowest BCUT2D eigenvalue weighted by molar-refractivity contribution is 0.982. The minimum absolute atomic E-state index is 0.927. The molecule has 1 fully saturated rings. The molecule has 1 aliphatic rings. The van der Waals surface area contributed by atoms with Crippen LogP contribution in [-0.2, 0) is 6.42 Å². The summed E-state index contributed by atoms with van der Waals surface area (Å²) in [5.74, 6) is 0.927. The van der Waals surface area contributed by atoms with Crippen LogP contribution in [0.2, 0.25) is 0 Å². The van der Waals surface area contributed by atoms with Gasteiger partial charge in [-0.1, -0.05) is 42.5 Å². The van der Waals surface area contributed by atoms with E-state index in [0.717, 1.165) is 5.92 Å². The summed E-state index contributed by atoms with van der Waals surface area (Å²) in [5.41, 5.74) is 1.45. The first-order valence-electron chi connectivity index (χ1n) is 5.16.